The molecule has 1 aromatic heterocycles. The number of rotatable bonds is 14. The van der Waals surface area contributed by atoms with Gasteiger partial charge < -0.3 is 9.47 Å². The molecule has 2 aromatic carbocycles. The third kappa shape index (κ3) is 18.5. The zero-order valence-corrected chi connectivity index (χ0v) is 36.9. The number of unbranched alkanes of at least 4 members (excludes halogenated alkanes) is 4. The van der Waals surface area contributed by atoms with Gasteiger partial charge in [0, 0.05) is 23.6 Å². The van der Waals surface area contributed by atoms with Crippen molar-refractivity contribution in [2.45, 2.75) is 167 Å². The number of nitrogens with zero attached hydrogens (tertiary/aromatic N) is 2. The summed E-state index contributed by atoms with van der Waals surface area (Å²) in [5.41, 5.74) is 9.91. The number of para-hydroxylation sites is 1. The third-order valence-corrected chi connectivity index (χ3v) is 11.0. The summed E-state index contributed by atoms with van der Waals surface area (Å²) in [4.78, 5) is 5.41. The predicted octanol–water partition coefficient (Wildman–Crippen LogP) is 15.3. The Morgan fingerprint density at radius 3 is 2.04 bits per heavy atom. The first-order valence-corrected chi connectivity index (χ1v) is 21.0. The van der Waals surface area contributed by atoms with E-state index in [0.29, 0.717) is 5.56 Å². The molecule has 4 rings (SSSR count). The van der Waals surface area contributed by atoms with E-state index >= 15 is 0 Å². The van der Waals surface area contributed by atoms with Crippen molar-refractivity contribution in [2.75, 3.05) is 0 Å². The van der Waals surface area contributed by atoms with Crippen molar-refractivity contribution in [3.63, 3.8) is 0 Å². The van der Waals surface area contributed by atoms with Crippen LogP contribution in [0.2, 0.25) is 0 Å². The highest BCUT2D eigenvalue weighted by Gasteiger charge is 2.40. The molecule has 0 aliphatic carbocycles. The Morgan fingerprint density at radius 1 is 0.868 bits per heavy atom. The molecule has 0 amide bonds. The standard InChI is InChI=1S/C18H36.C17H15NO2.C7H11NS.C6H12/c1-7-16(4)14-18(6)17(5)13-11-9-8-10-12-15(2)3;1-11-5-4-6-15-16(11)20-17(3,19-15)14-8-7-13(10-18)9-12(14)2;1-2-3-4-7-5-8-6-9-7;1-5(2)6(3)4/h7,15,17-18H,8-14H2,1-6H3;4-9H,1-3H3;5-6H,2-4H2,1H3;1-4H3/b16-7+;;;. The summed E-state index contributed by atoms with van der Waals surface area (Å²) in [7, 11) is 0. The molecule has 0 saturated heterocycles. The summed E-state index contributed by atoms with van der Waals surface area (Å²) >= 11 is 1.75. The van der Waals surface area contributed by atoms with E-state index in [1.807, 2.05) is 62.8 Å². The van der Waals surface area contributed by atoms with Gasteiger partial charge in [-0.15, -0.1) is 11.3 Å². The Morgan fingerprint density at radius 2 is 1.53 bits per heavy atom. The lowest BCUT2D eigenvalue weighted by Crippen LogP contribution is -2.32. The van der Waals surface area contributed by atoms with Crippen molar-refractivity contribution < 1.29 is 9.47 Å². The normalized spacial score (nSPS) is 15.5. The van der Waals surface area contributed by atoms with E-state index in [2.05, 4.69) is 93.3 Å². The van der Waals surface area contributed by atoms with Crippen molar-refractivity contribution in [1.82, 2.24) is 4.98 Å². The van der Waals surface area contributed by atoms with Crippen molar-refractivity contribution in [2.24, 2.45) is 17.8 Å². The van der Waals surface area contributed by atoms with E-state index < -0.39 is 5.79 Å². The molecule has 2 heterocycles. The molecule has 0 radical (unpaired) electrons. The van der Waals surface area contributed by atoms with Crippen molar-refractivity contribution in [3.05, 3.63) is 98.0 Å². The molecule has 0 spiro atoms. The van der Waals surface area contributed by atoms with Crippen LogP contribution in [-0.2, 0) is 12.2 Å². The van der Waals surface area contributed by atoms with Crippen LogP contribution in [0.4, 0.5) is 0 Å². The third-order valence-electron chi connectivity index (χ3n) is 10.2. The highest BCUT2D eigenvalue weighted by molar-refractivity contribution is 7.09. The minimum absolute atomic E-state index is 0.640. The van der Waals surface area contributed by atoms with Crippen LogP contribution in [0.5, 0.6) is 11.5 Å². The lowest BCUT2D eigenvalue weighted by Gasteiger charge is -2.25. The summed E-state index contributed by atoms with van der Waals surface area (Å²) in [6.07, 6.45) is 17.8. The van der Waals surface area contributed by atoms with Crippen LogP contribution in [0.1, 0.15) is 168 Å². The van der Waals surface area contributed by atoms with Crippen molar-refractivity contribution >= 4 is 11.3 Å². The summed E-state index contributed by atoms with van der Waals surface area (Å²) < 4.78 is 12.1. The maximum Gasteiger partial charge on any atom is 0.275 e. The van der Waals surface area contributed by atoms with Gasteiger partial charge in [-0.2, -0.15) is 5.26 Å². The van der Waals surface area contributed by atoms with Gasteiger partial charge in [0.25, 0.3) is 5.79 Å². The summed E-state index contributed by atoms with van der Waals surface area (Å²) in [5.74, 6) is 3.32. The first-order chi connectivity index (χ1) is 25.1. The molecule has 0 fully saturated rings. The maximum absolute atomic E-state index is 8.95. The topological polar surface area (TPSA) is 55.1 Å². The quantitative estimate of drug-likeness (QED) is 0.122. The van der Waals surface area contributed by atoms with Gasteiger partial charge in [0.1, 0.15) is 0 Å². The molecule has 1 aliphatic heterocycles. The van der Waals surface area contributed by atoms with Gasteiger partial charge in [0.2, 0.25) is 0 Å². The van der Waals surface area contributed by atoms with Gasteiger partial charge in [-0.3, -0.25) is 4.98 Å². The Kier molecular flexibility index (Phi) is 23.0. The van der Waals surface area contributed by atoms with Gasteiger partial charge in [0.05, 0.1) is 17.1 Å². The van der Waals surface area contributed by atoms with Gasteiger partial charge >= 0.3 is 0 Å². The van der Waals surface area contributed by atoms with Crippen LogP contribution in [0, 0.1) is 42.9 Å². The molecule has 3 unspecified atom stereocenters. The highest BCUT2D eigenvalue weighted by Crippen LogP contribution is 2.46. The number of fused-ring (bicyclic) bond motifs is 1. The lowest BCUT2D eigenvalue weighted by molar-refractivity contribution is -0.0687. The van der Waals surface area contributed by atoms with E-state index in [-0.39, 0.29) is 0 Å². The Hall–Kier alpha value is -3.36. The first-order valence-electron chi connectivity index (χ1n) is 20.2. The van der Waals surface area contributed by atoms with Gasteiger partial charge in [-0.25, -0.2) is 0 Å². The first kappa shape index (κ1) is 47.7. The second kappa shape index (κ2) is 25.6. The summed E-state index contributed by atoms with van der Waals surface area (Å²) in [5, 5.41) is 8.95. The van der Waals surface area contributed by atoms with E-state index in [1.54, 1.807) is 23.0 Å². The maximum atomic E-state index is 8.95. The van der Waals surface area contributed by atoms with Crippen LogP contribution < -0.4 is 9.47 Å². The highest BCUT2D eigenvalue weighted by atomic mass is 32.1. The smallest absolute Gasteiger partial charge is 0.275 e. The fraction of sp³-hybridized carbons (Fsp3) is 0.583. The molecule has 0 N–H and O–H groups in total. The SMILES string of the molecule is C/C=C(\C)CC(C)C(C)CCCCCCC(C)C.CC(C)=C(C)C.CCCCc1cncs1.Cc1cc(C#N)ccc1C1(C)Oc2cccc(C)c2O1. The second-order valence-electron chi connectivity index (χ2n) is 15.9. The average Bonchev–Trinajstić information content (AvgIpc) is 3.77. The summed E-state index contributed by atoms with van der Waals surface area (Å²) in [6, 6.07) is 13.5. The molecule has 3 atom stereocenters. The zero-order valence-electron chi connectivity index (χ0n) is 36.1. The van der Waals surface area contributed by atoms with Crippen molar-refractivity contribution in [3.8, 4) is 17.6 Å². The molecule has 53 heavy (non-hydrogen) atoms. The molecule has 0 bridgehead atoms. The lowest BCUT2D eigenvalue weighted by atomic mass is 9.86. The zero-order chi connectivity index (χ0) is 40.0. The fourth-order valence-electron chi connectivity index (χ4n) is 5.82. The number of aromatic nitrogens is 1. The van der Waals surface area contributed by atoms with E-state index in [1.165, 1.54) is 80.2 Å². The molecule has 5 heteroatoms. The van der Waals surface area contributed by atoms with Crippen LogP contribution in [0.3, 0.4) is 0 Å². The fourth-order valence-corrected chi connectivity index (χ4v) is 6.46. The van der Waals surface area contributed by atoms with E-state index in [4.69, 9.17) is 14.7 Å². The predicted molar refractivity (Wildman–Crippen MR) is 231 cm³/mol. The molecular weight excluding hydrogens is 669 g/mol. The Balaban J connectivity index is 0.000000388. The van der Waals surface area contributed by atoms with Gasteiger partial charge in [0.15, 0.2) is 11.5 Å². The minimum atomic E-state index is -0.841. The second-order valence-corrected chi connectivity index (χ2v) is 16.9. The number of hydrogen-bond donors (Lipinski definition) is 0. The molecular formula is C48H74N2O2S. The number of thiazole rings is 1. The van der Waals surface area contributed by atoms with E-state index in [0.717, 1.165) is 45.9 Å². The Bertz CT molecular complexity index is 1540. The molecule has 0 saturated carbocycles. The van der Waals surface area contributed by atoms with Crippen molar-refractivity contribution in [1.29, 1.82) is 5.26 Å². The minimum Gasteiger partial charge on any atom is -0.445 e. The number of benzene rings is 2. The number of ether oxygens (including phenoxy) is 2. The van der Waals surface area contributed by atoms with E-state index in [9.17, 15) is 0 Å². The monoisotopic (exact) mass is 743 g/mol. The number of hydrogen-bond acceptors (Lipinski definition) is 5. The van der Waals surface area contributed by atoms with Crippen LogP contribution in [-0.4, -0.2) is 4.98 Å². The largest absolute Gasteiger partial charge is 0.445 e. The number of nitriles is 1. The molecule has 4 nitrogen and oxygen atoms in total. The molecule has 294 valence electrons. The summed E-state index contributed by atoms with van der Waals surface area (Å²) in [6.45, 7) is 30.5. The van der Waals surface area contributed by atoms with Crippen LogP contribution >= 0.6 is 11.3 Å². The number of allylic oxidation sites excluding steroid dienone is 4. The van der Waals surface area contributed by atoms with Gasteiger partial charge in [-0.1, -0.05) is 114 Å². The molecule has 1 aliphatic rings. The van der Waals surface area contributed by atoms with Crippen LogP contribution in [0.25, 0.3) is 0 Å². The average molecular weight is 743 g/mol. The van der Waals surface area contributed by atoms with Crippen LogP contribution in [0.15, 0.2) is 70.9 Å². The molecule has 3 aromatic rings. The van der Waals surface area contributed by atoms with Gasteiger partial charge in [-0.05, 0) is 128 Å². The number of aryl methyl sites for hydroxylation is 3. The Labute approximate surface area is 330 Å².